The van der Waals surface area contributed by atoms with Crippen LogP contribution in [0.15, 0.2) is 36.7 Å². The fraction of sp³-hybridized carbons (Fsp3) is 0.421. The van der Waals surface area contributed by atoms with E-state index in [0.29, 0.717) is 25.3 Å². The molecule has 2 saturated heterocycles. The number of aromatic nitrogens is 2. The van der Waals surface area contributed by atoms with Crippen LogP contribution in [-0.2, 0) is 9.59 Å². The lowest BCUT2D eigenvalue weighted by Crippen LogP contribution is -2.50. The zero-order valence-corrected chi connectivity index (χ0v) is 15.2. The number of anilines is 1. The summed E-state index contributed by atoms with van der Waals surface area (Å²) in [5.41, 5.74) is 1.69. The first-order valence-corrected chi connectivity index (χ1v) is 9.12. The van der Waals surface area contributed by atoms with Gasteiger partial charge in [0.05, 0.1) is 31.0 Å². The van der Waals surface area contributed by atoms with Gasteiger partial charge >= 0.3 is 0 Å². The Kier molecular flexibility index (Phi) is 4.81. The van der Waals surface area contributed by atoms with Crippen LogP contribution in [0.1, 0.15) is 18.0 Å². The number of hydrogen-bond donors (Lipinski definition) is 2. The molecule has 8 nitrogen and oxygen atoms in total. The first-order valence-electron chi connectivity index (χ1n) is 9.12. The van der Waals surface area contributed by atoms with Gasteiger partial charge in [0.15, 0.2) is 0 Å². The molecular weight excluding hydrogens is 346 g/mol. The molecule has 2 unspecified atom stereocenters. The Balaban J connectivity index is 1.55. The molecule has 2 aliphatic heterocycles. The fourth-order valence-electron chi connectivity index (χ4n) is 3.94. The predicted octanol–water partition coefficient (Wildman–Crippen LogP) is 0.944. The van der Waals surface area contributed by atoms with E-state index in [2.05, 4.69) is 15.5 Å². The van der Waals surface area contributed by atoms with Crippen molar-refractivity contribution in [1.29, 1.82) is 0 Å². The third kappa shape index (κ3) is 3.28. The van der Waals surface area contributed by atoms with Crippen molar-refractivity contribution in [3.05, 3.63) is 42.2 Å². The van der Waals surface area contributed by atoms with Gasteiger partial charge in [-0.1, -0.05) is 18.2 Å². The zero-order chi connectivity index (χ0) is 18.8. The van der Waals surface area contributed by atoms with Gasteiger partial charge in [0.2, 0.25) is 11.8 Å². The number of piperazine rings is 1. The Morgan fingerprint density at radius 1 is 1.33 bits per heavy atom. The molecule has 142 valence electrons. The van der Waals surface area contributed by atoms with Crippen LogP contribution in [0.5, 0.6) is 5.75 Å². The van der Waals surface area contributed by atoms with Gasteiger partial charge in [-0.3, -0.25) is 14.7 Å². The summed E-state index contributed by atoms with van der Waals surface area (Å²) in [5.74, 6) is 0.403. The average molecular weight is 369 g/mol. The van der Waals surface area contributed by atoms with E-state index in [-0.39, 0.29) is 30.2 Å². The van der Waals surface area contributed by atoms with E-state index in [9.17, 15) is 9.59 Å². The summed E-state index contributed by atoms with van der Waals surface area (Å²) < 4.78 is 5.50. The van der Waals surface area contributed by atoms with Crippen molar-refractivity contribution in [2.24, 2.45) is 5.92 Å². The van der Waals surface area contributed by atoms with Crippen molar-refractivity contribution in [3.63, 3.8) is 0 Å². The van der Waals surface area contributed by atoms with Crippen molar-refractivity contribution in [1.82, 2.24) is 20.4 Å². The molecule has 0 radical (unpaired) electrons. The molecule has 2 fully saturated rings. The molecule has 0 saturated carbocycles. The molecule has 1 aromatic carbocycles. The lowest BCUT2D eigenvalue weighted by Gasteiger charge is -2.38. The van der Waals surface area contributed by atoms with E-state index in [1.165, 1.54) is 0 Å². The summed E-state index contributed by atoms with van der Waals surface area (Å²) in [6.07, 6.45) is 3.51. The van der Waals surface area contributed by atoms with Crippen molar-refractivity contribution >= 4 is 17.5 Å². The van der Waals surface area contributed by atoms with E-state index in [0.717, 1.165) is 17.9 Å². The van der Waals surface area contributed by atoms with Crippen molar-refractivity contribution in [2.75, 3.05) is 38.2 Å². The molecule has 0 aliphatic carbocycles. The van der Waals surface area contributed by atoms with Crippen LogP contribution in [0.2, 0.25) is 0 Å². The Bertz CT molecular complexity index is 823. The highest BCUT2D eigenvalue weighted by atomic mass is 16.5. The van der Waals surface area contributed by atoms with E-state index in [1.54, 1.807) is 24.4 Å². The summed E-state index contributed by atoms with van der Waals surface area (Å²) in [6, 6.07) is 7.67. The Hall–Kier alpha value is -2.87. The molecule has 2 atom stereocenters. The first-order chi connectivity index (χ1) is 13.2. The number of benzene rings is 1. The molecule has 1 aromatic heterocycles. The standard InChI is InChI=1S/C19H23N5O3/c1-27-17-5-3-2-4-15(17)16-11-20-6-7-23(16)19(26)13-8-18(25)24(12-13)14-9-21-22-10-14/h2-5,9-10,13,16,20H,6-8,11-12H2,1H3,(H,21,22). The Morgan fingerprint density at radius 3 is 2.96 bits per heavy atom. The zero-order valence-electron chi connectivity index (χ0n) is 15.2. The number of hydrogen-bond acceptors (Lipinski definition) is 5. The molecule has 3 heterocycles. The van der Waals surface area contributed by atoms with E-state index in [1.807, 2.05) is 29.2 Å². The van der Waals surface area contributed by atoms with Crippen LogP contribution in [0.4, 0.5) is 5.69 Å². The van der Waals surface area contributed by atoms with Crippen molar-refractivity contribution in [2.45, 2.75) is 12.5 Å². The summed E-state index contributed by atoms with van der Waals surface area (Å²) in [6.45, 7) is 2.40. The minimum Gasteiger partial charge on any atom is -0.496 e. The van der Waals surface area contributed by atoms with Crippen LogP contribution in [0.3, 0.4) is 0 Å². The number of nitrogens with one attached hydrogen (secondary N) is 2. The van der Waals surface area contributed by atoms with Gasteiger partial charge in [0, 0.05) is 44.4 Å². The average Bonchev–Trinajstić information content (AvgIpc) is 3.37. The van der Waals surface area contributed by atoms with Gasteiger partial charge in [-0.05, 0) is 6.07 Å². The SMILES string of the molecule is COc1ccccc1C1CNCCN1C(=O)C1CC(=O)N(c2cn[nH]c2)C1. The largest absolute Gasteiger partial charge is 0.496 e. The highest BCUT2D eigenvalue weighted by Crippen LogP contribution is 2.33. The number of amides is 2. The number of para-hydroxylation sites is 1. The topological polar surface area (TPSA) is 90.6 Å². The predicted molar refractivity (Wildman–Crippen MR) is 99.4 cm³/mol. The van der Waals surface area contributed by atoms with Gasteiger partial charge < -0.3 is 19.9 Å². The highest BCUT2D eigenvalue weighted by molar-refractivity contribution is 6.00. The third-order valence-electron chi connectivity index (χ3n) is 5.29. The molecule has 2 aromatic rings. The highest BCUT2D eigenvalue weighted by Gasteiger charge is 2.40. The number of carbonyl (C=O) groups excluding carboxylic acids is 2. The van der Waals surface area contributed by atoms with Crippen LogP contribution in [0.25, 0.3) is 0 Å². The number of methoxy groups -OCH3 is 1. The second kappa shape index (κ2) is 7.40. The minimum atomic E-state index is -0.345. The Labute approximate surface area is 157 Å². The van der Waals surface area contributed by atoms with Crippen LogP contribution in [0, 0.1) is 5.92 Å². The summed E-state index contributed by atoms with van der Waals surface area (Å²) in [5, 5.41) is 9.97. The van der Waals surface area contributed by atoms with E-state index >= 15 is 0 Å². The second-order valence-corrected chi connectivity index (χ2v) is 6.86. The normalized spacial score (nSPS) is 22.9. The molecule has 0 spiro atoms. The van der Waals surface area contributed by atoms with Gasteiger partial charge in [-0.15, -0.1) is 0 Å². The number of aromatic amines is 1. The summed E-state index contributed by atoms with van der Waals surface area (Å²) in [7, 11) is 1.64. The maximum atomic E-state index is 13.3. The third-order valence-corrected chi connectivity index (χ3v) is 5.29. The maximum absolute atomic E-state index is 13.3. The van der Waals surface area contributed by atoms with Crippen LogP contribution in [-0.4, -0.2) is 60.2 Å². The molecule has 4 rings (SSSR count). The quantitative estimate of drug-likeness (QED) is 0.837. The van der Waals surface area contributed by atoms with E-state index in [4.69, 9.17) is 4.74 Å². The second-order valence-electron chi connectivity index (χ2n) is 6.86. The molecule has 8 heteroatoms. The molecule has 2 N–H and O–H groups in total. The number of nitrogens with zero attached hydrogens (tertiary/aromatic N) is 3. The summed E-state index contributed by atoms with van der Waals surface area (Å²) in [4.78, 5) is 29.2. The Morgan fingerprint density at radius 2 is 2.19 bits per heavy atom. The van der Waals surface area contributed by atoms with Gasteiger partial charge in [-0.25, -0.2) is 0 Å². The lowest BCUT2D eigenvalue weighted by molar-refractivity contribution is -0.139. The van der Waals surface area contributed by atoms with E-state index < -0.39 is 0 Å². The monoisotopic (exact) mass is 369 g/mol. The number of rotatable bonds is 4. The van der Waals surface area contributed by atoms with Crippen LogP contribution >= 0.6 is 0 Å². The van der Waals surface area contributed by atoms with Gasteiger partial charge in [-0.2, -0.15) is 5.10 Å². The van der Waals surface area contributed by atoms with Crippen LogP contribution < -0.4 is 15.0 Å². The molecular formula is C19H23N5O3. The van der Waals surface area contributed by atoms with Gasteiger partial charge in [0.1, 0.15) is 5.75 Å². The smallest absolute Gasteiger partial charge is 0.228 e. The minimum absolute atomic E-state index is 0.0201. The lowest BCUT2D eigenvalue weighted by atomic mass is 9.99. The maximum Gasteiger partial charge on any atom is 0.228 e. The molecule has 0 bridgehead atoms. The number of carbonyl (C=O) groups is 2. The van der Waals surface area contributed by atoms with Gasteiger partial charge in [0.25, 0.3) is 0 Å². The first kappa shape index (κ1) is 17.5. The fourth-order valence-corrected chi connectivity index (χ4v) is 3.94. The molecule has 2 amide bonds. The van der Waals surface area contributed by atoms with Crippen molar-refractivity contribution < 1.29 is 14.3 Å². The summed E-state index contributed by atoms with van der Waals surface area (Å²) >= 11 is 0. The molecule has 27 heavy (non-hydrogen) atoms. The number of ether oxygens (including phenoxy) is 1. The molecule has 2 aliphatic rings. The van der Waals surface area contributed by atoms with Crippen molar-refractivity contribution in [3.8, 4) is 5.75 Å². The number of H-pyrrole nitrogens is 1.